The number of nitrogens with zero attached hydrogens (tertiary/aromatic N) is 1. The second kappa shape index (κ2) is 5.53. The third-order valence-corrected chi connectivity index (χ3v) is 3.91. The molecule has 98 valence electrons. The number of benzene rings is 1. The highest BCUT2D eigenvalue weighted by atomic mass is 16.4. The summed E-state index contributed by atoms with van der Waals surface area (Å²) in [6, 6.07) is 5.78. The summed E-state index contributed by atoms with van der Waals surface area (Å²) in [5.41, 5.74) is 3.58. The molecule has 0 unspecified atom stereocenters. The van der Waals surface area contributed by atoms with Gasteiger partial charge in [0.1, 0.15) is 6.04 Å². The first kappa shape index (κ1) is 13.1. The number of hydrogen-bond donors (Lipinski definition) is 1. The third kappa shape index (κ3) is 2.72. The van der Waals surface area contributed by atoms with Crippen LogP contribution in [0.1, 0.15) is 29.5 Å². The van der Waals surface area contributed by atoms with Crippen molar-refractivity contribution in [2.75, 3.05) is 13.1 Å². The smallest absolute Gasteiger partial charge is 0.321 e. The normalized spacial score (nSPS) is 17.9. The lowest BCUT2D eigenvalue weighted by Gasteiger charge is -2.25. The molecular weight excluding hydrogens is 226 g/mol. The van der Waals surface area contributed by atoms with E-state index in [0.717, 1.165) is 25.9 Å². The number of aryl methyl sites for hydroxylation is 2. The first-order valence-electron chi connectivity index (χ1n) is 6.61. The van der Waals surface area contributed by atoms with Gasteiger partial charge in [-0.2, -0.15) is 0 Å². The van der Waals surface area contributed by atoms with Crippen LogP contribution in [-0.2, 0) is 11.2 Å². The van der Waals surface area contributed by atoms with E-state index in [1.54, 1.807) is 0 Å². The van der Waals surface area contributed by atoms with Gasteiger partial charge in [0.2, 0.25) is 0 Å². The standard InChI is InChI=1S/C15H21NO2/c1-11-6-5-7-12(2)13(11)10-14(15(17)18)16-8-3-4-9-16/h5-7,14H,3-4,8-10H2,1-2H3,(H,17,18)/t14-/m0/s1. The highest BCUT2D eigenvalue weighted by molar-refractivity contribution is 5.74. The van der Waals surface area contributed by atoms with Crippen LogP contribution in [0.15, 0.2) is 18.2 Å². The number of hydrogen-bond acceptors (Lipinski definition) is 2. The quantitative estimate of drug-likeness (QED) is 0.888. The van der Waals surface area contributed by atoms with E-state index >= 15 is 0 Å². The van der Waals surface area contributed by atoms with Crippen LogP contribution < -0.4 is 0 Å². The van der Waals surface area contributed by atoms with Gasteiger partial charge in [-0.3, -0.25) is 9.69 Å². The fourth-order valence-electron chi connectivity index (χ4n) is 2.79. The topological polar surface area (TPSA) is 40.5 Å². The van der Waals surface area contributed by atoms with Crippen molar-refractivity contribution in [1.82, 2.24) is 4.90 Å². The van der Waals surface area contributed by atoms with Crippen molar-refractivity contribution in [3.63, 3.8) is 0 Å². The van der Waals surface area contributed by atoms with Crippen molar-refractivity contribution < 1.29 is 9.90 Å². The molecule has 1 fully saturated rings. The summed E-state index contributed by atoms with van der Waals surface area (Å²) in [5.74, 6) is -0.695. The van der Waals surface area contributed by atoms with E-state index in [1.165, 1.54) is 16.7 Å². The molecule has 0 spiro atoms. The Kier molecular flexibility index (Phi) is 4.02. The van der Waals surface area contributed by atoms with E-state index in [-0.39, 0.29) is 6.04 Å². The zero-order valence-electron chi connectivity index (χ0n) is 11.1. The minimum Gasteiger partial charge on any atom is -0.480 e. The van der Waals surface area contributed by atoms with Gasteiger partial charge in [-0.05, 0) is 62.9 Å². The third-order valence-electron chi connectivity index (χ3n) is 3.91. The van der Waals surface area contributed by atoms with Gasteiger partial charge in [0, 0.05) is 0 Å². The predicted octanol–water partition coefficient (Wildman–Crippen LogP) is 2.39. The molecule has 1 aliphatic heterocycles. The van der Waals surface area contributed by atoms with Crippen LogP contribution in [0.3, 0.4) is 0 Å². The van der Waals surface area contributed by atoms with Crippen LogP contribution in [-0.4, -0.2) is 35.1 Å². The Hall–Kier alpha value is -1.35. The Morgan fingerprint density at radius 3 is 2.33 bits per heavy atom. The molecule has 1 heterocycles. The molecule has 1 atom stereocenters. The minimum atomic E-state index is -0.695. The SMILES string of the molecule is Cc1cccc(C)c1C[C@@H](C(=O)O)N1CCCC1. The van der Waals surface area contributed by atoms with E-state index in [0.29, 0.717) is 6.42 Å². The lowest BCUT2D eigenvalue weighted by molar-refractivity contribution is -0.142. The van der Waals surface area contributed by atoms with Crippen molar-refractivity contribution in [1.29, 1.82) is 0 Å². The number of carboxylic acids is 1. The van der Waals surface area contributed by atoms with Crippen LogP contribution in [0.4, 0.5) is 0 Å². The van der Waals surface area contributed by atoms with Gasteiger partial charge in [0.15, 0.2) is 0 Å². The summed E-state index contributed by atoms with van der Waals surface area (Å²) in [5, 5.41) is 9.44. The van der Waals surface area contributed by atoms with E-state index < -0.39 is 5.97 Å². The largest absolute Gasteiger partial charge is 0.480 e. The minimum absolute atomic E-state index is 0.368. The van der Waals surface area contributed by atoms with Crippen molar-refractivity contribution >= 4 is 5.97 Å². The molecule has 0 amide bonds. The summed E-state index contributed by atoms with van der Waals surface area (Å²) < 4.78 is 0. The van der Waals surface area contributed by atoms with Crippen LogP contribution in [0.25, 0.3) is 0 Å². The van der Waals surface area contributed by atoms with Crippen LogP contribution in [0.2, 0.25) is 0 Å². The molecule has 2 rings (SSSR count). The highest BCUT2D eigenvalue weighted by Gasteiger charge is 2.28. The number of aliphatic carboxylic acids is 1. The molecule has 0 bridgehead atoms. The average molecular weight is 247 g/mol. The summed E-state index contributed by atoms with van der Waals surface area (Å²) in [7, 11) is 0. The summed E-state index contributed by atoms with van der Waals surface area (Å²) in [6.07, 6.45) is 2.86. The molecule has 1 aromatic carbocycles. The Morgan fingerprint density at radius 2 is 1.83 bits per heavy atom. The second-order valence-electron chi connectivity index (χ2n) is 5.17. The van der Waals surface area contributed by atoms with Gasteiger partial charge in [0.05, 0.1) is 0 Å². The first-order chi connectivity index (χ1) is 8.59. The molecule has 0 saturated carbocycles. The Bertz CT molecular complexity index is 416. The molecule has 3 nitrogen and oxygen atoms in total. The molecule has 18 heavy (non-hydrogen) atoms. The number of likely N-dealkylation sites (tertiary alicyclic amines) is 1. The molecule has 1 aliphatic rings. The molecule has 1 saturated heterocycles. The first-order valence-corrected chi connectivity index (χ1v) is 6.61. The van der Waals surface area contributed by atoms with Crippen LogP contribution in [0, 0.1) is 13.8 Å². The molecule has 1 N–H and O–H groups in total. The van der Waals surface area contributed by atoms with Crippen molar-refractivity contribution in [3.8, 4) is 0 Å². The Labute approximate surface area is 108 Å². The molecule has 0 radical (unpaired) electrons. The Morgan fingerprint density at radius 1 is 1.28 bits per heavy atom. The van der Waals surface area contributed by atoms with Crippen molar-refractivity contribution in [2.24, 2.45) is 0 Å². The van der Waals surface area contributed by atoms with E-state index in [1.807, 2.05) is 6.07 Å². The zero-order chi connectivity index (χ0) is 13.1. The number of rotatable bonds is 4. The van der Waals surface area contributed by atoms with Gasteiger partial charge >= 0.3 is 5.97 Å². The maximum Gasteiger partial charge on any atom is 0.321 e. The molecular formula is C15H21NO2. The Balaban J connectivity index is 2.20. The van der Waals surface area contributed by atoms with Crippen LogP contribution >= 0.6 is 0 Å². The number of carboxylic acid groups (broad SMARTS) is 1. The zero-order valence-corrected chi connectivity index (χ0v) is 11.1. The maximum absolute atomic E-state index is 11.5. The highest BCUT2D eigenvalue weighted by Crippen LogP contribution is 2.20. The second-order valence-corrected chi connectivity index (χ2v) is 5.17. The number of carbonyl (C=O) groups is 1. The summed E-state index contributed by atoms with van der Waals surface area (Å²) >= 11 is 0. The fraction of sp³-hybridized carbons (Fsp3) is 0.533. The lowest BCUT2D eigenvalue weighted by Crippen LogP contribution is -2.41. The van der Waals surface area contributed by atoms with Gasteiger partial charge in [-0.15, -0.1) is 0 Å². The van der Waals surface area contributed by atoms with Gasteiger partial charge in [-0.25, -0.2) is 0 Å². The fourth-order valence-corrected chi connectivity index (χ4v) is 2.79. The van der Waals surface area contributed by atoms with Gasteiger partial charge < -0.3 is 5.11 Å². The molecule has 0 aromatic heterocycles. The summed E-state index contributed by atoms with van der Waals surface area (Å²) in [4.78, 5) is 13.6. The van der Waals surface area contributed by atoms with Crippen molar-refractivity contribution in [3.05, 3.63) is 34.9 Å². The van der Waals surface area contributed by atoms with E-state index in [4.69, 9.17) is 0 Å². The van der Waals surface area contributed by atoms with Gasteiger partial charge in [0.25, 0.3) is 0 Å². The molecule has 1 aromatic rings. The van der Waals surface area contributed by atoms with Crippen LogP contribution in [0.5, 0.6) is 0 Å². The lowest BCUT2D eigenvalue weighted by atomic mass is 9.96. The molecule has 3 heteroatoms. The van der Waals surface area contributed by atoms with Crippen molar-refractivity contribution in [2.45, 2.75) is 39.2 Å². The maximum atomic E-state index is 11.5. The average Bonchev–Trinajstić information content (AvgIpc) is 2.81. The molecule has 0 aliphatic carbocycles. The monoisotopic (exact) mass is 247 g/mol. The predicted molar refractivity (Wildman–Crippen MR) is 71.9 cm³/mol. The van der Waals surface area contributed by atoms with E-state index in [2.05, 4.69) is 30.9 Å². The van der Waals surface area contributed by atoms with Gasteiger partial charge in [-0.1, -0.05) is 18.2 Å². The summed E-state index contributed by atoms with van der Waals surface area (Å²) in [6.45, 7) is 5.96. The van der Waals surface area contributed by atoms with E-state index in [9.17, 15) is 9.90 Å².